The van der Waals surface area contributed by atoms with Crippen LogP contribution in [0.4, 0.5) is 0 Å². The van der Waals surface area contributed by atoms with Crippen LogP contribution in [0.1, 0.15) is 24.3 Å². The number of imidazole rings is 1. The molecule has 78 valence electrons. The van der Waals surface area contributed by atoms with Gasteiger partial charge in [-0.25, -0.2) is 4.98 Å². The van der Waals surface area contributed by atoms with Gasteiger partial charge >= 0.3 is 0 Å². The van der Waals surface area contributed by atoms with Crippen LogP contribution in [0.3, 0.4) is 0 Å². The Hall–Kier alpha value is -1.16. The number of likely N-dealkylation sites (N-methyl/N-ethyl adjacent to an activating group) is 1. The Labute approximate surface area is 84.5 Å². The molecule has 0 unspecified atom stereocenters. The van der Waals surface area contributed by atoms with Crippen LogP contribution < -0.4 is 0 Å². The van der Waals surface area contributed by atoms with E-state index >= 15 is 0 Å². The summed E-state index contributed by atoms with van der Waals surface area (Å²) >= 11 is 0. The van der Waals surface area contributed by atoms with Crippen molar-refractivity contribution >= 4 is 6.29 Å². The lowest BCUT2D eigenvalue weighted by Gasteiger charge is -2.33. The maximum absolute atomic E-state index is 10.7. The Morgan fingerprint density at radius 3 is 2.71 bits per heavy atom. The van der Waals surface area contributed by atoms with Gasteiger partial charge in [-0.1, -0.05) is 0 Å². The van der Waals surface area contributed by atoms with E-state index in [1.807, 2.05) is 18.7 Å². The van der Waals surface area contributed by atoms with Crippen LogP contribution in [-0.2, 0) is 6.54 Å². The summed E-state index contributed by atoms with van der Waals surface area (Å²) < 4.78 is 1.87. The molecular weight excluding hydrogens is 178 g/mol. The van der Waals surface area contributed by atoms with Crippen molar-refractivity contribution in [3.63, 3.8) is 0 Å². The highest BCUT2D eigenvalue weighted by atomic mass is 16.1. The molecule has 4 nitrogen and oxygen atoms in total. The van der Waals surface area contributed by atoms with Gasteiger partial charge in [-0.3, -0.25) is 4.79 Å². The molecule has 0 aliphatic heterocycles. The van der Waals surface area contributed by atoms with Crippen LogP contribution in [-0.4, -0.2) is 40.4 Å². The fourth-order valence-corrected chi connectivity index (χ4v) is 1.12. The Balaban J connectivity index is 2.83. The summed E-state index contributed by atoms with van der Waals surface area (Å²) in [6.45, 7) is 5.01. The van der Waals surface area contributed by atoms with Gasteiger partial charge in [0.15, 0.2) is 6.29 Å². The minimum atomic E-state index is 0.0124. The zero-order valence-electron chi connectivity index (χ0n) is 9.19. The number of hydrogen-bond acceptors (Lipinski definition) is 3. The number of hydrogen-bond donors (Lipinski definition) is 0. The van der Waals surface area contributed by atoms with Crippen molar-refractivity contribution in [2.24, 2.45) is 0 Å². The summed E-state index contributed by atoms with van der Waals surface area (Å²) in [7, 11) is 4.05. The van der Waals surface area contributed by atoms with E-state index in [1.54, 1.807) is 12.5 Å². The molecule has 14 heavy (non-hydrogen) atoms. The van der Waals surface area contributed by atoms with E-state index in [0.29, 0.717) is 5.69 Å². The lowest BCUT2D eigenvalue weighted by molar-refractivity contribution is 0.110. The smallest absolute Gasteiger partial charge is 0.168 e. The van der Waals surface area contributed by atoms with E-state index in [-0.39, 0.29) is 5.54 Å². The van der Waals surface area contributed by atoms with Gasteiger partial charge in [-0.05, 0) is 27.9 Å². The summed E-state index contributed by atoms with van der Waals surface area (Å²) in [5, 5.41) is 0. The molecule has 0 atom stereocenters. The maximum Gasteiger partial charge on any atom is 0.168 e. The van der Waals surface area contributed by atoms with Crippen molar-refractivity contribution in [2.75, 3.05) is 14.1 Å². The van der Waals surface area contributed by atoms with Crippen molar-refractivity contribution in [3.05, 3.63) is 18.2 Å². The Morgan fingerprint density at radius 2 is 2.21 bits per heavy atom. The molecule has 0 aliphatic rings. The number of aldehydes is 1. The summed E-state index contributed by atoms with van der Waals surface area (Å²) in [6.07, 6.45) is 4.10. The highest BCUT2D eigenvalue weighted by Crippen LogP contribution is 2.13. The van der Waals surface area contributed by atoms with Gasteiger partial charge in [0.05, 0.1) is 12.5 Å². The first kappa shape index (κ1) is 10.9. The monoisotopic (exact) mass is 195 g/mol. The lowest BCUT2D eigenvalue weighted by Crippen LogP contribution is -2.42. The van der Waals surface area contributed by atoms with E-state index in [4.69, 9.17) is 0 Å². The summed E-state index contributed by atoms with van der Waals surface area (Å²) in [5.74, 6) is 0. The molecule has 0 aliphatic carbocycles. The maximum atomic E-state index is 10.7. The summed E-state index contributed by atoms with van der Waals surface area (Å²) in [4.78, 5) is 16.7. The van der Waals surface area contributed by atoms with Crippen LogP contribution in [0.25, 0.3) is 0 Å². The molecule has 0 spiro atoms. The molecule has 0 N–H and O–H groups in total. The minimum Gasteiger partial charge on any atom is -0.327 e. The molecule has 4 heteroatoms. The van der Waals surface area contributed by atoms with Crippen LogP contribution in [0.5, 0.6) is 0 Å². The van der Waals surface area contributed by atoms with E-state index in [9.17, 15) is 4.79 Å². The molecule has 1 heterocycles. The van der Waals surface area contributed by atoms with Crippen LogP contribution in [0.2, 0.25) is 0 Å². The standard InChI is InChI=1S/C10H17N3O/c1-10(2,12(3)4)7-13-8-11-5-9(13)6-14/h5-6,8H,7H2,1-4H3. The van der Waals surface area contributed by atoms with Gasteiger partial charge in [0.2, 0.25) is 0 Å². The fraction of sp³-hybridized carbons (Fsp3) is 0.600. The molecule has 0 radical (unpaired) electrons. The molecule has 0 saturated heterocycles. The average Bonchev–Trinajstić information content (AvgIpc) is 2.50. The van der Waals surface area contributed by atoms with E-state index < -0.39 is 0 Å². The van der Waals surface area contributed by atoms with Gasteiger partial charge in [0.25, 0.3) is 0 Å². The van der Waals surface area contributed by atoms with Gasteiger partial charge < -0.3 is 9.47 Å². The third kappa shape index (κ3) is 2.20. The Morgan fingerprint density at radius 1 is 1.57 bits per heavy atom. The van der Waals surface area contributed by atoms with Crippen LogP contribution in [0, 0.1) is 0 Å². The van der Waals surface area contributed by atoms with Crippen LogP contribution >= 0.6 is 0 Å². The Kier molecular flexibility index (Phi) is 3.06. The molecule has 0 aromatic carbocycles. The highest BCUT2D eigenvalue weighted by Gasteiger charge is 2.21. The molecule has 0 fully saturated rings. The summed E-state index contributed by atoms with van der Waals surface area (Å²) in [6, 6.07) is 0. The quantitative estimate of drug-likeness (QED) is 0.674. The van der Waals surface area contributed by atoms with E-state index in [2.05, 4.69) is 23.7 Å². The lowest BCUT2D eigenvalue weighted by atomic mass is 10.0. The van der Waals surface area contributed by atoms with E-state index in [0.717, 1.165) is 12.8 Å². The molecule has 0 bridgehead atoms. The zero-order chi connectivity index (χ0) is 10.8. The zero-order valence-corrected chi connectivity index (χ0v) is 9.19. The van der Waals surface area contributed by atoms with Gasteiger partial charge in [0, 0.05) is 12.1 Å². The van der Waals surface area contributed by atoms with Gasteiger partial charge in [-0.15, -0.1) is 0 Å². The third-order valence-electron chi connectivity index (χ3n) is 2.63. The van der Waals surface area contributed by atoms with Gasteiger partial charge in [-0.2, -0.15) is 0 Å². The van der Waals surface area contributed by atoms with Crippen molar-refractivity contribution in [1.29, 1.82) is 0 Å². The largest absolute Gasteiger partial charge is 0.327 e. The number of carbonyl (C=O) groups is 1. The minimum absolute atomic E-state index is 0.0124. The topological polar surface area (TPSA) is 38.1 Å². The Bertz CT molecular complexity index is 315. The third-order valence-corrected chi connectivity index (χ3v) is 2.63. The highest BCUT2D eigenvalue weighted by molar-refractivity contribution is 5.71. The second kappa shape index (κ2) is 3.92. The molecular formula is C10H17N3O. The molecule has 1 aromatic rings. The molecule has 1 rings (SSSR count). The molecule has 0 saturated carbocycles. The van der Waals surface area contributed by atoms with E-state index in [1.165, 1.54) is 0 Å². The second-order valence-corrected chi connectivity index (χ2v) is 4.27. The number of carbonyl (C=O) groups excluding carboxylic acids is 1. The second-order valence-electron chi connectivity index (χ2n) is 4.27. The molecule has 1 aromatic heterocycles. The van der Waals surface area contributed by atoms with Crippen molar-refractivity contribution in [1.82, 2.24) is 14.5 Å². The van der Waals surface area contributed by atoms with Crippen LogP contribution in [0.15, 0.2) is 12.5 Å². The molecule has 0 amide bonds. The fourth-order valence-electron chi connectivity index (χ4n) is 1.12. The average molecular weight is 195 g/mol. The number of rotatable bonds is 4. The first-order chi connectivity index (χ1) is 6.47. The first-order valence-electron chi connectivity index (χ1n) is 4.60. The SMILES string of the molecule is CN(C)C(C)(C)Cn1cncc1C=O. The van der Waals surface area contributed by atoms with Crippen molar-refractivity contribution < 1.29 is 4.79 Å². The predicted molar refractivity (Wildman–Crippen MR) is 55.4 cm³/mol. The van der Waals surface area contributed by atoms with Crippen molar-refractivity contribution in [3.8, 4) is 0 Å². The number of aromatic nitrogens is 2. The predicted octanol–water partition coefficient (Wildman–Crippen LogP) is 1.04. The normalized spacial score (nSPS) is 12.1. The van der Waals surface area contributed by atoms with Crippen molar-refractivity contribution in [2.45, 2.75) is 25.9 Å². The summed E-state index contributed by atoms with van der Waals surface area (Å²) in [5.41, 5.74) is 0.637. The first-order valence-corrected chi connectivity index (χ1v) is 4.60. The number of nitrogens with zero attached hydrogens (tertiary/aromatic N) is 3. The van der Waals surface area contributed by atoms with Gasteiger partial charge in [0.1, 0.15) is 5.69 Å².